The van der Waals surface area contributed by atoms with E-state index in [9.17, 15) is 18.0 Å². The normalized spacial score (nSPS) is 15.5. The average Bonchev–Trinajstić information content (AvgIpc) is 2.89. The number of hydrogen-bond acceptors (Lipinski definition) is 5. The number of amides is 2. The molecule has 0 aliphatic carbocycles. The molecule has 6 nitrogen and oxygen atoms in total. The number of nitrogens with zero attached hydrogens (tertiary/aromatic N) is 1. The van der Waals surface area contributed by atoms with Gasteiger partial charge in [0.25, 0.3) is 15.3 Å². The third kappa shape index (κ3) is 4.98. The molecule has 25 heavy (non-hydrogen) atoms. The molecule has 1 heterocycles. The summed E-state index contributed by atoms with van der Waals surface area (Å²) in [6.45, 7) is 8.52. The molecule has 0 atom stereocenters. The molecule has 0 radical (unpaired) electrons. The van der Waals surface area contributed by atoms with E-state index in [0.29, 0.717) is 17.9 Å². The molecule has 0 aromatic heterocycles. The Kier molecular flexibility index (Phi) is 5.83. The van der Waals surface area contributed by atoms with E-state index in [1.807, 2.05) is 26.8 Å². The molecule has 138 valence electrons. The summed E-state index contributed by atoms with van der Waals surface area (Å²) >= 11 is 1.21. The number of hydrogen-bond donors (Lipinski definition) is 1. The van der Waals surface area contributed by atoms with Gasteiger partial charge in [-0.15, -0.1) is 0 Å². The highest BCUT2D eigenvalue weighted by Crippen LogP contribution is 2.26. The molecule has 0 bridgehead atoms. The Bertz CT molecular complexity index is 782. The van der Waals surface area contributed by atoms with Gasteiger partial charge in [-0.2, -0.15) is 0 Å². The van der Waals surface area contributed by atoms with Crippen molar-refractivity contribution in [2.75, 3.05) is 18.8 Å². The third-order valence-corrected chi connectivity index (χ3v) is 6.45. The summed E-state index contributed by atoms with van der Waals surface area (Å²) < 4.78 is 27.3. The molecule has 1 saturated heterocycles. The zero-order valence-corrected chi connectivity index (χ0v) is 16.6. The van der Waals surface area contributed by atoms with Crippen molar-refractivity contribution >= 4 is 32.9 Å². The lowest BCUT2D eigenvalue weighted by molar-refractivity contribution is -0.119. The summed E-state index contributed by atoms with van der Waals surface area (Å²) in [6.07, 6.45) is -0.0382. The number of aryl methyl sites for hydroxylation is 1. The lowest BCUT2D eigenvalue weighted by atomic mass is 9.87. The van der Waals surface area contributed by atoms with Gasteiger partial charge >= 0.3 is 0 Å². The zero-order valence-electron chi connectivity index (χ0n) is 15.0. The minimum atomic E-state index is -3.94. The van der Waals surface area contributed by atoms with Crippen LogP contribution in [0.2, 0.25) is 0 Å². The fraction of sp³-hybridized carbons (Fsp3) is 0.529. The van der Waals surface area contributed by atoms with Crippen LogP contribution in [-0.2, 0) is 20.2 Å². The molecule has 1 aromatic carbocycles. The molecule has 2 rings (SSSR count). The summed E-state index contributed by atoms with van der Waals surface area (Å²) in [7, 11) is -3.94. The number of carbonyl (C=O) groups excluding carboxylic acids is 2. The van der Waals surface area contributed by atoms with Crippen molar-refractivity contribution in [3.05, 3.63) is 29.3 Å². The Labute approximate surface area is 153 Å². The molecule has 1 aliphatic heterocycles. The van der Waals surface area contributed by atoms with Gasteiger partial charge in [0.15, 0.2) is 0 Å². The van der Waals surface area contributed by atoms with E-state index in [2.05, 4.69) is 4.72 Å². The van der Waals surface area contributed by atoms with Crippen molar-refractivity contribution in [1.29, 1.82) is 0 Å². The summed E-state index contributed by atoms with van der Waals surface area (Å²) in [6, 6.07) is 5.26. The summed E-state index contributed by atoms with van der Waals surface area (Å²) in [5.74, 6) is 0.0997. The molecular formula is C17H24N2O4S2. The van der Waals surface area contributed by atoms with Gasteiger partial charge in [0.1, 0.15) is 0 Å². The second-order valence-electron chi connectivity index (χ2n) is 7.11. The third-order valence-electron chi connectivity index (χ3n) is 4.05. The highest BCUT2D eigenvalue weighted by Gasteiger charge is 2.25. The molecule has 1 aromatic rings. The van der Waals surface area contributed by atoms with Crippen molar-refractivity contribution < 1.29 is 18.0 Å². The zero-order chi connectivity index (χ0) is 18.8. The number of rotatable bonds is 5. The van der Waals surface area contributed by atoms with E-state index >= 15 is 0 Å². The molecule has 0 unspecified atom stereocenters. The van der Waals surface area contributed by atoms with Crippen molar-refractivity contribution in [2.45, 2.75) is 44.4 Å². The molecule has 0 spiro atoms. The van der Waals surface area contributed by atoms with E-state index in [-0.39, 0.29) is 28.5 Å². The predicted molar refractivity (Wildman–Crippen MR) is 99.3 cm³/mol. The lowest BCUT2D eigenvalue weighted by Gasteiger charge is -2.21. The summed E-state index contributed by atoms with van der Waals surface area (Å²) in [5.41, 5.74) is 1.26. The summed E-state index contributed by atoms with van der Waals surface area (Å²) in [5, 5.41) is -0.0654. The fourth-order valence-electron chi connectivity index (χ4n) is 2.48. The highest BCUT2D eigenvalue weighted by atomic mass is 32.2. The minimum Gasteiger partial charge on any atom is -0.332 e. The van der Waals surface area contributed by atoms with E-state index in [1.54, 1.807) is 24.0 Å². The van der Waals surface area contributed by atoms with Crippen LogP contribution >= 0.6 is 11.8 Å². The van der Waals surface area contributed by atoms with Crippen LogP contribution in [0.25, 0.3) is 0 Å². The molecule has 1 N–H and O–H groups in total. The standard InChI is InChI=1S/C17H24N2O4S2/c1-12-5-6-13(17(2,3)4)11-14(12)25(22,23)18-15(20)7-8-19-9-10-24-16(19)21/h5-6,11H,7-10H2,1-4H3,(H,18,20). The first-order valence-electron chi connectivity index (χ1n) is 8.09. The maximum absolute atomic E-state index is 12.6. The second-order valence-corrected chi connectivity index (χ2v) is 9.81. The molecule has 2 amide bonds. The number of sulfonamides is 1. The van der Waals surface area contributed by atoms with Gasteiger partial charge in [-0.3, -0.25) is 9.59 Å². The Morgan fingerprint density at radius 3 is 2.56 bits per heavy atom. The van der Waals surface area contributed by atoms with Crippen LogP contribution in [0.5, 0.6) is 0 Å². The van der Waals surface area contributed by atoms with Crippen molar-refractivity contribution in [1.82, 2.24) is 9.62 Å². The maximum atomic E-state index is 12.6. The highest BCUT2D eigenvalue weighted by molar-refractivity contribution is 8.13. The van der Waals surface area contributed by atoms with Crippen LogP contribution in [0.15, 0.2) is 23.1 Å². The smallest absolute Gasteiger partial charge is 0.281 e. The van der Waals surface area contributed by atoms with E-state index in [1.165, 1.54) is 11.8 Å². The van der Waals surface area contributed by atoms with E-state index in [4.69, 9.17) is 0 Å². The van der Waals surface area contributed by atoms with Crippen LogP contribution < -0.4 is 4.72 Å². The largest absolute Gasteiger partial charge is 0.332 e. The first-order valence-corrected chi connectivity index (χ1v) is 10.6. The quantitative estimate of drug-likeness (QED) is 0.844. The van der Waals surface area contributed by atoms with Crippen molar-refractivity contribution in [2.24, 2.45) is 0 Å². The lowest BCUT2D eigenvalue weighted by Crippen LogP contribution is -2.34. The SMILES string of the molecule is Cc1ccc(C(C)(C)C)cc1S(=O)(=O)NC(=O)CCN1CCSC1=O. The van der Waals surface area contributed by atoms with Gasteiger partial charge in [-0.25, -0.2) is 13.1 Å². The van der Waals surface area contributed by atoms with Crippen LogP contribution in [0.1, 0.15) is 38.3 Å². The average molecular weight is 385 g/mol. The number of nitrogens with one attached hydrogen (secondary N) is 1. The Morgan fingerprint density at radius 1 is 1.32 bits per heavy atom. The Balaban J connectivity index is 2.10. The molecular weight excluding hydrogens is 360 g/mol. The van der Waals surface area contributed by atoms with Crippen LogP contribution in [0.4, 0.5) is 4.79 Å². The van der Waals surface area contributed by atoms with Crippen LogP contribution in [0.3, 0.4) is 0 Å². The Hall–Kier alpha value is -1.54. The fourth-order valence-corrected chi connectivity index (χ4v) is 4.61. The summed E-state index contributed by atoms with van der Waals surface area (Å²) in [4.78, 5) is 25.2. The number of benzene rings is 1. The van der Waals surface area contributed by atoms with E-state index < -0.39 is 15.9 Å². The van der Waals surface area contributed by atoms with Crippen molar-refractivity contribution in [3.63, 3.8) is 0 Å². The minimum absolute atomic E-state index is 0.0382. The molecule has 1 fully saturated rings. The van der Waals surface area contributed by atoms with Gasteiger partial charge in [-0.1, -0.05) is 44.7 Å². The van der Waals surface area contributed by atoms with Crippen LogP contribution in [-0.4, -0.2) is 43.3 Å². The van der Waals surface area contributed by atoms with Crippen molar-refractivity contribution in [3.8, 4) is 0 Å². The second kappa shape index (κ2) is 7.37. The van der Waals surface area contributed by atoms with Crippen LogP contribution in [0, 0.1) is 6.92 Å². The van der Waals surface area contributed by atoms with Gasteiger partial charge in [0, 0.05) is 25.3 Å². The van der Waals surface area contributed by atoms with E-state index in [0.717, 1.165) is 5.56 Å². The molecule has 8 heteroatoms. The van der Waals surface area contributed by atoms with Gasteiger partial charge in [0.05, 0.1) is 4.90 Å². The van der Waals surface area contributed by atoms with Gasteiger partial charge in [0.2, 0.25) is 5.91 Å². The predicted octanol–water partition coefficient (Wildman–Crippen LogP) is 2.66. The molecule has 1 aliphatic rings. The maximum Gasteiger partial charge on any atom is 0.281 e. The first-order chi connectivity index (χ1) is 11.5. The Morgan fingerprint density at radius 2 is 2.00 bits per heavy atom. The topological polar surface area (TPSA) is 83.6 Å². The van der Waals surface area contributed by atoms with Gasteiger partial charge < -0.3 is 4.90 Å². The first kappa shape index (κ1) is 19.8. The number of carbonyl (C=O) groups is 2. The van der Waals surface area contributed by atoms with Gasteiger partial charge in [-0.05, 0) is 29.5 Å². The molecule has 0 saturated carbocycles. The number of thioether (sulfide) groups is 1. The monoisotopic (exact) mass is 384 g/mol.